The van der Waals surface area contributed by atoms with Crippen LogP contribution < -0.4 is 9.47 Å². The number of ketones is 1. The zero-order valence-corrected chi connectivity index (χ0v) is 16.4. The van der Waals surface area contributed by atoms with Gasteiger partial charge in [-0.05, 0) is 32.0 Å². The van der Waals surface area contributed by atoms with Crippen molar-refractivity contribution >= 4 is 17.5 Å². The van der Waals surface area contributed by atoms with Crippen LogP contribution in [0.3, 0.4) is 0 Å². The summed E-state index contributed by atoms with van der Waals surface area (Å²) in [4.78, 5) is 12.6. The molecule has 0 aliphatic rings. The summed E-state index contributed by atoms with van der Waals surface area (Å²) in [7, 11) is 3.14. The molecule has 0 aliphatic carbocycles. The molecular formula is C20H20N2O4S. The highest BCUT2D eigenvalue weighted by Gasteiger charge is 2.20. The van der Waals surface area contributed by atoms with E-state index in [0.29, 0.717) is 33.7 Å². The van der Waals surface area contributed by atoms with E-state index in [0.717, 1.165) is 5.56 Å². The largest absolute Gasteiger partial charge is 0.493 e. The van der Waals surface area contributed by atoms with Crippen LogP contribution in [0, 0.1) is 6.92 Å². The van der Waals surface area contributed by atoms with Gasteiger partial charge in [-0.15, -0.1) is 10.2 Å². The van der Waals surface area contributed by atoms with E-state index in [1.807, 2.05) is 44.2 Å². The second-order valence-electron chi connectivity index (χ2n) is 5.93. The van der Waals surface area contributed by atoms with E-state index < -0.39 is 0 Å². The van der Waals surface area contributed by atoms with Crippen molar-refractivity contribution in [1.82, 2.24) is 10.2 Å². The Bertz CT molecular complexity index is 937. The number of methoxy groups -OCH3 is 2. The Hall–Kier alpha value is -2.80. The van der Waals surface area contributed by atoms with Gasteiger partial charge in [-0.25, -0.2) is 0 Å². The molecule has 0 radical (unpaired) electrons. The number of nitrogens with zero attached hydrogens (tertiary/aromatic N) is 2. The maximum absolute atomic E-state index is 12.6. The Morgan fingerprint density at radius 1 is 1.04 bits per heavy atom. The third kappa shape index (κ3) is 4.31. The molecule has 1 heterocycles. The highest BCUT2D eigenvalue weighted by Crippen LogP contribution is 2.33. The standard InChI is InChI=1S/C20H20N2O4S/c1-12-5-7-14(8-6-12)18(23)13(2)27-20-22-21-19(26-20)15-9-10-16(24-3)17(11-15)25-4/h5-11,13H,1-4H3/t13-/m0/s1. The van der Waals surface area contributed by atoms with E-state index in [1.165, 1.54) is 11.8 Å². The van der Waals surface area contributed by atoms with Gasteiger partial charge in [0.25, 0.3) is 5.22 Å². The van der Waals surface area contributed by atoms with Crippen LogP contribution in [0.5, 0.6) is 11.5 Å². The summed E-state index contributed by atoms with van der Waals surface area (Å²) in [5.74, 6) is 1.57. The zero-order valence-electron chi connectivity index (χ0n) is 15.6. The van der Waals surface area contributed by atoms with Crippen molar-refractivity contribution < 1.29 is 18.7 Å². The number of rotatable bonds is 7. The van der Waals surface area contributed by atoms with E-state index in [9.17, 15) is 4.79 Å². The summed E-state index contributed by atoms with van der Waals surface area (Å²) in [5.41, 5.74) is 2.49. The van der Waals surface area contributed by atoms with E-state index in [-0.39, 0.29) is 11.0 Å². The van der Waals surface area contributed by atoms with E-state index in [1.54, 1.807) is 26.4 Å². The first-order valence-electron chi connectivity index (χ1n) is 8.35. The Morgan fingerprint density at radius 2 is 1.74 bits per heavy atom. The van der Waals surface area contributed by atoms with E-state index in [2.05, 4.69) is 10.2 Å². The summed E-state index contributed by atoms with van der Waals surface area (Å²) in [5, 5.41) is 8.11. The SMILES string of the molecule is COc1ccc(-c2nnc(S[C@@H](C)C(=O)c3ccc(C)cc3)o2)cc1OC. The number of ether oxygens (including phenoxy) is 2. The van der Waals surface area contributed by atoms with Crippen molar-refractivity contribution in [2.24, 2.45) is 0 Å². The second kappa shape index (κ2) is 8.26. The molecule has 0 N–H and O–H groups in total. The minimum absolute atomic E-state index is 0.0193. The predicted molar refractivity (Wildman–Crippen MR) is 104 cm³/mol. The van der Waals surface area contributed by atoms with Gasteiger partial charge in [0.2, 0.25) is 5.89 Å². The zero-order chi connectivity index (χ0) is 19.4. The molecule has 7 heteroatoms. The van der Waals surface area contributed by atoms with Crippen LogP contribution >= 0.6 is 11.8 Å². The normalized spacial score (nSPS) is 11.9. The number of hydrogen-bond acceptors (Lipinski definition) is 7. The van der Waals surface area contributed by atoms with Gasteiger partial charge >= 0.3 is 0 Å². The first kappa shape index (κ1) is 19.0. The smallest absolute Gasteiger partial charge is 0.277 e. The fraction of sp³-hybridized carbons (Fsp3) is 0.250. The predicted octanol–water partition coefficient (Wildman–Crippen LogP) is 4.43. The highest BCUT2D eigenvalue weighted by molar-refractivity contribution is 8.00. The molecule has 0 saturated heterocycles. The maximum Gasteiger partial charge on any atom is 0.277 e. The fourth-order valence-corrected chi connectivity index (χ4v) is 3.26. The lowest BCUT2D eigenvalue weighted by molar-refractivity contribution is 0.0993. The highest BCUT2D eigenvalue weighted by atomic mass is 32.2. The van der Waals surface area contributed by atoms with Crippen LogP contribution in [0.4, 0.5) is 0 Å². The van der Waals surface area contributed by atoms with Crippen molar-refractivity contribution in [1.29, 1.82) is 0 Å². The number of carbonyl (C=O) groups is 1. The van der Waals surface area contributed by atoms with Crippen molar-refractivity contribution in [3.05, 3.63) is 53.6 Å². The minimum atomic E-state index is -0.341. The molecule has 27 heavy (non-hydrogen) atoms. The molecule has 0 saturated carbocycles. The number of Topliss-reactive ketones (excluding diaryl/α,β-unsaturated/α-hetero) is 1. The van der Waals surface area contributed by atoms with Crippen molar-refractivity contribution in [3.63, 3.8) is 0 Å². The molecule has 140 valence electrons. The number of thioether (sulfide) groups is 1. The Morgan fingerprint density at radius 3 is 2.41 bits per heavy atom. The summed E-state index contributed by atoms with van der Waals surface area (Å²) in [6.07, 6.45) is 0. The molecule has 0 bridgehead atoms. The summed E-state index contributed by atoms with van der Waals surface area (Å²) < 4.78 is 16.2. The third-order valence-corrected chi connectivity index (χ3v) is 4.95. The van der Waals surface area contributed by atoms with Crippen molar-refractivity contribution in [2.45, 2.75) is 24.3 Å². The van der Waals surface area contributed by atoms with Gasteiger partial charge in [-0.3, -0.25) is 4.79 Å². The average Bonchev–Trinajstić information content (AvgIpc) is 3.15. The summed E-state index contributed by atoms with van der Waals surface area (Å²) in [6, 6.07) is 12.9. The Balaban J connectivity index is 1.74. The molecule has 1 aromatic heterocycles. The molecule has 6 nitrogen and oxygen atoms in total. The van der Waals surface area contributed by atoms with Crippen LogP contribution in [0.15, 0.2) is 52.1 Å². The molecule has 0 aliphatic heterocycles. The van der Waals surface area contributed by atoms with Crippen LogP contribution in [0.2, 0.25) is 0 Å². The van der Waals surface area contributed by atoms with Gasteiger partial charge in [-0.2, -0.15) is 0 Å². The lowest BCUT2D eigenvalue weighted by Crippen LogP contribution is -2.13. The van der Waals surface area contributed by atoms with Gasteiger partial charge in [0, 0.05) is 11.1 Å². The lowest BCUT2D eigenvalue weighted by Gasteiger charge is -2.08. The second-order valence-corrected chi connectivity index (χ2v) is 7.23. The molecular weight excluding hydrogens is 364 g/mol. The molecule has 2 aromatic carbocycles. The lowest BCUT2D eigenvalue weighted by atomic mass is 10.1. The number of carbonyl (C=O) groups excluding carboxylic acids is 1. The molecule has 3 rings (SSSR count). The van der Waals surface area contributed by atoms with Crippen LogP contribution in [-0.4, -0.2) is 35.5 Å². The molecule has 3 aromatic rings. The monoisotopic (exact) mass is 384 g/mol. The Kier molecular flexibility index (Phi) is 5.81. The van der Waals surface area contributed by atoms with Gasteiger partial charge < -0.3 is 13.9 Å². The number of benzene rings is 2. The number of aryl methyl sites for hydroxylation is 1. The first-order valence-corrected chi connectivity index (χ1v) is 9.23. The van der Waals surface area contributed by atoms with Crippen LogP contribution in [0.1, 0.15) is 22.8 Å². The number of hydrogen-bond donors (Lipinski definition) is 0. The Labute approximate surface area is 161 Å². The van der Waals surface area contributed by atoms with Gasteiger partial charge in [0.05, 0.1) is 19.5 Å². The maximum atomic E-state index is 12.6. The average molecular weight is 384 g/mol. The van der Waals surface area contributed by atoms with Gasteiger partial charge in [-0.1, -0.05) is 41.6 Å². The summed E-state index contributed by atoms with van der Waals surface area (Å²) >= 11 is 1.24. The minimum Gasteiger partial charge on any atom is -0.493 e. The molecule has 0 spiro atoms. The van der Waals surface area contributed by atoms with Crippen LogP contribution in [0.25, 0.3) is 11.5 Å². The first-order chi connectivity index (χ1) is 13.0. The molecule has 1 atom stereocenters. The van der Waals surface area contributed by atoms with E-state index >= 15 is 0 Å². The molecule has 0 fully saturated rings. The topological polar surface area (TPSA) is 74.5 Å². The summed E-state index contributed by atoms with van der Waals surface area (Å²) in [6.45, 7) is 3.81. The fourth-order valence-electron chi connectivity index (χ4n) is 2.50. The van der Waals surface area contributed by atoms with Crippen molar-refractivity contribution in [2.75, 3.05) is 14.2 Å². The third-order valence-electron chi connectivity index (χ3n) is 4.02. The number of aromatic nitrogens is 2. The van der Waals surface area contributed by atoms with Gasteiger partial charge in [0.1, 0.15) is 0 Å². The van der Waals surface area contributed by atoms with Crippen LogP contribution in [-0.2, 0) is 0 Å². The van der Waals surface area contributed by atoms with Crippen molar-refractivity contribution in [3.8, 4) is 23.0 Å². The molecule has 0 amide bonds. The molecule has 0 unspecified atom stereocenters. The van der Waals surface area contributed by atoms with E-state index in [4.69, 9.17) is 13.9 Å². The van der Waals surface area contributed by atoms with Gasteiger partial charge in [0.15, 0.2) is 17.3 Å². The quantitative estimate of drug-likeness (QED) is 0.441.